The van der Waals surface area contributed by atoms with Gasteiger partial charge in [-0.25, -0.2) is 4.79 Å². The smallest absolute Gasteiger partial charge is 0.387 e. The number of esters is 1. The number of amides is 1. The topological polar surface area (TPSA) is 64.6 Å². The van der Waals surface area contributed by atoms with Crippen LogP contribution in [0, 0.1) is 5.92 Å². The average Bonchev–Trinajstić information content (AvgIpc) is 2.54. The maximum absolute atomic E-state index is 12.2. The van der Waals surface area contributed by atoms with Crippen LogP contribution >= 0.6 is 0 Å². The molecule has 2 unspecified atom stereocenters. The molecule has 24 heavy (non-hydrogen) atoms. The summed E-state index contributed by atoms with van der Waals surface area (Å²) in [7, 11) is 0. The number of halogens is 2. The normalized spacial score (nSPS) is 20.5. The van der Waals surface area contributed by atoms with Crippen LogP contribution in [0.25, 0.3) is 0 Å². The summed E-state index contributed by atoms with van der Waals surface area (Å²) in [6.07, 6.45) is 4.24. The summed E-state index contributed by atoms with van der Waals surface area (Å²) in [6.45, 7) is -1.29. The summed E-state index contributed by atoms with van der Waals surface area (Å²) in [5, 5.41) is 2.87. The van der Waals surface area contributed by atoms with Crippen LogP contribution in [0.2, 0.25) is 0 Å². The van der Waals surface area contributed by atoms with Gasteiger partial charge in [0.15, 0.2) is 6.61 Å². The summed E-state index contributed by atoms with van der Waals surface area (Å²) in [5.41, 5.74) is 0.0481. The van der Waals surface area contributed by atoms with E-state index in [1.54, 1.807) is 0 Å². The lowest BCUT2D eigenvalue weighted by molar-refractivity contribution is -0.125. The minimum absolute atomic E-state index is 0.0481. The van der Waals surface area contributed by atoms with Crippen LogP contribution in [0.15, 0.2) is 24.3 Å². The Bertz CT molecular complexity index is 579. The molecule has 132 valence electrons. The highest BCUT2D eigenvalue weighted by Crippen LogP contribution is 2.23. The van der Waals surface area contributed by atoms with Crippen molar-refractivity contribution in [3.63, 3.8) is 0 Å². The average molecular weight is 341 g/mol. The molecule has 7 heteroatoms. The zero-order chi connectivity index (χ0) is 17.5. The minimum Gasteiger partial charge on any atom is -0.452 e. The summed E-state index contributed by atoms with van der Waals surface area (Å²) >= 11 is 0. The van der Waals surface area contributed by atoms with Crippen LogP contribution in [0.4, 0.5) is 8.78 Å². The first-order valence-corrected chi connectivity index (χ1v) is 7.97. The zero-order valence-electron chi connectivity index (χ0n) is 13.5. The predicted molar refractivity (Wildman–Crippen MR) is 82.9 cm³/mol. The molecule has 1 amide bonds. The van der Waals surface area contributed by atoms with Crippen LogP contribution in [0.5, 0.6) is 5.75 Å². The minimum atomic E-state index is -2.97. The number of ether oxygens (including phenoxy) is 2. The number of alkyl halides is 2. The van der Waals surface area contributed by atoms with Gasteiger partial charge < -0.3 is 14.8 Å². The third kappa shape index (κ3) is 5.47. The second-order valence-corrected chi connectivity index (χ2v) is 5.92. The van der Waals surface area contributed by atoms with Gasteiger partial charge in [-0.1, -0.05) is 25.8 Å². The van der Waals surface area contributed by atoms with Crippen LogP contribution in [0.3, 0.4) is 0 Å². The molecule has 0 aliphatic heterocycles. The molecule has 1 aromatic rings. The van der Waals surface area contributed by atoms with Crippen molar-refractivity contribution >= 4 is 11.9 Å². The first kappa shape index (κ1) is 18.2. The van der Waals surface area contributed by atoms with Gasteiger partial charge >= 0.3 is 12.6 Å². The number of hydrogen-bond donors (Lipinski definition) is 1. The van der Waals surface area contributed by atoms with Gasteiger partial charge in [0, 0.05) is 6.04 Å². The fraction of sp³-hybridized carbons (Fsp3) is 0.529. The summed E-state index contributed by atoms with van der Waals surface area (Å²) < 4.78 is 33.5. The molecule has 1 aliphatic carbocycles. The van der Waals surface area contributed by atoms with E-state index in [1.807, 2.05) is 0 Å². The largest absolute Gasteiger partial charge is 0.452 e. The summed E-state index contributed by atoms with van der Waals surface area (Å²) in [4.78, 5) is 23.8. The van der Waals surface area contributed by atoms with Gasteiger partial charge in [0.25, 0.3) is 5.91 Å². The van der Waals surface area contributed by atoms with Crippen LogP contribution in [-0.4, -0.2) is 31.1 Å². The molecule has 0 spiro atoms. The van der Waals surface area contributed by atoms with Gasteiger partial charge in [-0.2, -0.15) is 8.78 Å². The Morgan fingerprint density at radius 1 is 1.29 bits per heavy atom. The molecule has 5 nitrogen and oxygen atoms in total. The predicted octanol–water partition coefficient (Wildman–Crippen LogP) is 3.14. The van der Waals surface area contributed by atoms with Gasteiger partial charge in [-0.3, -0.25) is 4.79 Å². The van der Waals surface area contributed by atoms with Crippen LogP contribution in [0.1, 0.15) is 43.0 Å². The second-order valence-electron chi connectivity index (χ2n) is 5.92. The van der Waals surface area contributed by atoms with E-state index in [0.717, 1.165) is 25.3 Å². The Labute approximate surface area is 139 Å². The lowest BCUT2D eigenvalue weighted by atomic mass is 9.86. The standard InChI is InChI=1S/C17H21F2NO4/c1-11-5-2-3-8-14(11)20-15(21)10-23-16(22)12-6-4-7-13(9-12)24-17(18)19/h4,6-7,9,11,14,17H,2-3,5,8,10H2,1H3,(H,20,21). The summed E-state index contributed by atoms with van der Waals surface area (Å²) in [5.74, 6) is -0.856. The van der Waals surface area contributed by atoms with Crippen LogP contribution in [-0.2, 0) is 9.53 Å². The first-order valence-electron chi connectivity index (χ1n) is 7.97. The Hall–Kier alpha value is -2.18. The van der Waals surface area contributed by atoms with Gasteiger partial charge in [0.05, 0.1) is 5.56 Å². The van der Waals surface area contributed by atoms with E-state index in [-0.39, 0.29) is 23.3 Å². The van der Waals surface area contributed by atoms with Crippen molar-refractivity contribution in [1.82, 2.24) is 5.32 Å². The number of rotatable bonds is 6. The molecular formula is C17H21F2NO4. The Balaban J connectivity index is 1.82. The molecule has 1 aromatic carbocycles. The van der Waals surface area contributed by atoms with E-state index in [4.69, 9.17) is 4.74 Å². The van der Waals surface area contributed by atoms with Gasteiger partial charge in [-0.15, -0.1) is 0 Å². The van der Waals surface area contributed by atoms with Crippen molar-refractivity contribution < 1.29 is 27.8 Å². The van der Waals surface area contributed by atoms with Crippen molar-refractivity contribution in [2.75, 3.05) is 6.61 Å². The number of carbonyl (C=O) groups excluding carboxylic acids is 2. The fourth-order valence-electron chi connectivity index (χ4n) is 2.79. The Kier molecular flexibility index (Phi) is 6.52. The van der Waals surface area contributed by atoms with Gasteiger partial charge in [-0.05, 0) is 37.0 Å². The lowest BCUT2D eigenvalue weighted by Gasteiger charge is -2.29. The third-order valence-corrected chi connectivity index (χ3v) is 4.09. The molecule has 2 rings (SSSR count). The number of carbonyl (C=O) groups is 2. The van der Waals surface area contributed by atoms with Crippen molar-refractivity contribution in [2.45, 2.75) is 45.3 Å². The van der Waals surface area contributed by atoms with Crippen molar-refractivity contribution in [3.05, 3.63) is 29.8 Å². The molecule has 0 heterocycles. The maximum Gasteiger partial charge on any atom is 0.387 e. The molecule has 0 bridgehead atoms. The van der Waals surface area contributed by atoms with Crippen molar-refractivity contribution in [3.8, 4) is 5.75 Å². The molecule has 1 aliphatic rings. The van der Waals surface area contributed by atoms with Crippen LogP contribution < -0.4 is 10.1 Å². The molecule has 0 radical (unpaired) electrons. The Morgan fingerprint density at radius 3 is 2.75 bits per heavy atom. The first-order chi connectivity index (χ1) is 11.5. The number of hydrogen-bond acceptors (Lipinski definition) is 4. The molecule has 0 aromatic heterocycles. The molecule has 1 fully saturated rings. The van der Waals surface area contributed by atoms with E-state index in [9.17, 15) is 18.4 Å². The zero-order valence-corrected chi connectivity index (χ0v) is 13.5. The highest BCUT2D eigenvalue weighted by Gasteiger charge is 2.23. The maximum atomic E-state index is 12.2. The van der Waals surface area contributed by atoms with E-state index in [2.05, 4.69) is 17.0 Å². The summed E-state index contributed by atoms with van der Waals surface area (Å²) in [6, 6.07) is 5.36. The third-order valence-electron chi connectivity index (χ3n) is 4.09. The highest BCUT2D eigenvalue weighted by molar-refractivity contribution is 5.91. The van der Waals surface area contributed by atoms with E-state index >= 15 is 0 Å². The highest BCUT2D eigenvalue weighted by atomic mass is 19.3. The quantitative estimate of drug-likeness (QED) is 0.808. The van der Waals surface area contributed by atoms with Crippen molar-refractivity contribution in [2.24, 2.45) is 5.92 Å². The Morgan fingerprint density at radius 2 is 2.04 bits per heavy atom. The second kappa shape index (κ2) is 8.61. The molecular weight excluding hydrogens is 320 g/mol. The molecule has 1 saturated carbocycles. The SMILES string of the molecule is CC1CCCCC1NC(=O)COC(=O)c1cccc(OC(F)F)c1. The monoisotopic (exact) mass is 341 g/mol. The molecule has 1 N–H and O–H groups in total. The van der Waals surface area contributed by atoms with E-state index in [1.165, 1.54) is 24.6 Å². The number of nitrogens with one attached hydrogen (secondary N) is 1. The van der Waals surface area contributed by atoms with Crippen molar-refractivity contribution in [1.29, 1.82) is 0 Å². The molecule has 0 saturated heterocycles. The number of benzene rings is 1. The van der Waals surface area contributed by atoms with Gasteiger partial charge in [0.1, 0.15) is 5.75 Å². The van der Waals surface area contributed by atoms with Gasteiger partial charge in [0.2, 0.25) is 0 Å². The lowest BCUT2D eigenvalue weighted by Crippen LogP contribution is -2.42. The van der Waals surface area contributed by atoms with E-state index < -0.39 is 19.2 Å². The molecule has 2 atom stereocenters. The van der Waals surface area contributed by atoms with E-state index in [0.29, 0.717) is 5.92 Å². The fourth-order valence-corrected chi connectivity index (χ4v) is 2.79.